The quantitative estimate of drug-likeness (QED) is 0.577. The lowest BCUT2D eigenvalue weighted by Gasteiger charge is -2.41. The maximum Gasteiger partial charge on any atom is 0.313 e. The Bertz CT molecular complexity index is 388. The second-order valence-electron chi connectivity index (χ2n) is 4.65. The molecule has 0 radical (unpaired) electrons. The summed E-state index contributed by atoms with van der Waals surface area (Å²) in [5.41, 5.74) is -2.76. The lowest BCUT2D eigenvalue weighted by molar-refractivity contribution is -0.160. The van der Waals surface area contributed by atoms with Gasteiger partial charge in [-0.25, -0.2) is 0 Å². The Morgan fingerprint density at radius 2 is 1.50 bits per heavy atom. The van der Waals surface area contributed by atoms with Crippen molar-refractivity contribution in [3.63, 3.8) is 0 Å². The summed E-state index contributed by atoms with van der Waals surface area (Å²) in [5, 5.41) is 36.4. The number of rotatable bonds is 4. The molecular formula is C14H22O6. The fourth-order valence-electron chi connectivity index (χ4n) is 2.22. The standard InChI is InChI=1S/C12H18O4.C2H4O2/c1-3-11(4-2,10(14)15)12(16)7-5-9(13)6-8-12;1-2(3)4/h5-9,13,16H,3-4H2,1-2H3,(H,14,15);1H3,(H,3,4). The van der Waals surface area contributed by atoms with Gasteiger partial charge in [0.15, 0.2) is 0 Å². The molecule has 0 spiro atoms. The Kier molecular flexibility index (Phi) is 6.61. The zero-order valence-electron chi connectivity index (χ0n) is 11.9. The summed E-state index contributed by atoms with van der Waals surface area (Å²) >= 11 is 0. The molecule has 1 aliphatic carbocycles. The van der Waals surface area contributed by atoms with Crippen molar-refractivity contribution in [1.82, 2.24) is 0 Å². The van der Waals surface area contributed by atoms with Crippen molar-refractivity contribution >= 4 is 11.9 Å². The molecule has 0 aromatic rings. The number of carboxylic acid groups (broad SMARTS) is 2. The van der Waals surface area contributed by atoms with E-state index in [2.05, 4.69) is 0 Å². The Balaban J connectivity index is 0.000000796. The number of aliphatic hydroxyl groups excluding tert-OH is 1. The first-order valence-corrected chi connectivity index (χ1v) is 6.37. The summed E-state index contributed by atoms with van der Waals surface area (Å²) in [6, 6.07) is 0. The van der Waals surface area contributed by atoms with Gasteiger partial charge in [0.1, 0.15) is 11.0 Å². The van der Waals surface area contributed by atoms with Crippen molar-refractivity contribution < 1.29 is 30.0 Å². The van der Waals surface area contributed by atoms with Crippen LogP contribution in [-0.2, 0) is 9.59 Å². The van der Waals surface area contributed by atoms with Gasteiger partial charge in [-0.1, -0.05) is 26.0 Å². The van der Waals surface area contributed by atoms with E-state index in [-0.39, 0.29) is 0 Å². The van der Waals surface area contributed by atoms with E-state index in [0.29, 0.717) is 12.8 Å². The van der Waals surface area contributed by atoms with Gasteiger partial charge in [-0.05, 0) is 25.0 Å². The van der Waals surface area contributed by atoms with Crippen molar-refractivity contribution in [2.24, 2.45) is 5.41 Å². The summed E-state index contributed by atoms with van der Waals surface area (Å²) in [6.07, 6.45) is 5.45. The predicted molar refractivity (Wildman–Crippen MR) is 73.2 cm³/mol. The van der Waals surface area contributed by atoms with E-state index in [1.165, 1.54) is 24.3 Å². The van der Waals surface area contributed by atoms with Crippen LogP contribution in [0.1, 0.15) is 33.6 Å². The van der Waals surface area contributed by atoms with Crippen LogP contribution in [0.5, 0.6) is 0 Å². The lowest BCUT2D eigenvalue weighted by atomic mass is 9.66. The molecule has 0 saturated heterocycles. The van der Waals surface area contributed by atoms with Gasteiger partial charge in [-0.15, -0.1) is 0 Å². The zero-order chi connectivity index (χ0) is 16.0. The van der Waals surface area contributed by atoms with Gasteiger partial charge in [0.2, 0.25) is 0 Å². The third kappa shape index (κ3) is 3.91. The molecule has 114 valence electrons. The zero-order valence-corrected chi connectivity index (χ0v) is 11.9. The van der Waals surface area contributed by atoms with E-state index >= 15 is 0 Å². The third-order valence-electron chi connectivity index (χ3n) is 3.48. The monoisotopic (exact) mass is 286 g/mol. The van der Waals surface area contributed by atoms with Gasteiger partial charge in [0.05, 0.1) is 6.10 Å². The van der Waals surface area contributed by atoms with Gasteiger partial charge in [-0.3, -0.25) is 9.59 Å². The maximum absolute atomic E-state index is 11.4. The molecule has 20 heavy (non-hydrogen) atoms. The van der Waals surface area contributed by atoms with Gasteiger partial charge >= 0.3 is 5.97 Å². The molecule has 0 unspecified atom stereocenters. The van der Waals surface area contributed by atoms with E-state index in [1.54, 1.807) is 13.8 Å². The van der Waals surface area contributed by atoms with Crippen molar-refractivity contribution in [3.05, 3.63) is 24.3 Å². The average Bonchev–Trinajstić information content (AvgIpc) is 2.34. The molecule has 0 aliphatic heterocycles. The van der Waals surface area contributed by atoms with Crippen molar-refractivity contribution in [3.8, 4) is 0 Å². The van der Waals surface area contributed by atoms with E-state index in [9.17, 15) is 20.1 Å². The summed E-state index contributed by atoms with van der Waals surface area (Å²) < 4.78 is 0. The summed E-state index contributed by atoms with van der Waals surface area (Å²) in [5.74, 6) is -1.86. The van der Waals surface area contributed by atoms with Crippen molar-refractivity contribution in [2.75, 3.05) is 0 Å². The van der Waals surface area contributed by atoms with Crippen LogP contribution < -0.4 is 0 Å². The highest BCUT2D eigenvalue weighted by Crippen LogP contribution is 2.42. The topological polar surface area (TPSA) is 115 Å². The molecule has 1 rings (SSSR count). The van der Waals surface area contributed by atoms with Crippen molar-refractivity contribution in [2.45, 2.75) is 45.3 Å². The summed E-state index contributed by atoms with van der Waals surface area (Å²) in [6.45, 7) is 4.56. The molecule has 0 bridgehead atoms. The Morgan fingerprint density at radius 1 is 1.15 bits per heavy atom. The fraction of sp³-hybridized carbons (Fsp3) is 0.571. The van der Waals surface area contributed by atoms with Gasteiger partial charge in [0, 0.05) is 6.92 Å². The first kappa shape index (κ1) is 18.3. The minimum Gasteiger partial charge on any atom is -0.481 e. The normalized spacial score (nSPS) is 24.8. The Hall–Kier alpha value is -1.66. The van der Waals surface area contributed by atoms with Crippen LogP contribution in [0.25, 0.3) is 0 Å². The van der Waals surface area contributed by atoms with Gasteiger partial charge < -0.3 is 20.4 Å². The van der Waals surface area contributed by atoms with E-state index in [4.69, 9.17) is 9.90 Å². The highest BCUT2D eigenvalue weighted by atomic mass is 16.4. The van der Waals surface area contributed by atoms with Crippen LogP contribution >= 0.6 is 0 Å². The highest BCUT2D eigenvalue weighted by molar-refractivity contribution is 5.77. The second-order valence-corrected chi connectivity index (χ2v) is 4.65. The van der Waals surface area contributed by atoms with Crippen LogP contribution in [0.15, 0.2) is 24.3 Å². The third-order valence-corrected chi connectivity index (χ3v) is 3.48. The number of aliphatic hydroxyl groups is 2. The predicted octanol–water partition coefficient (Wildman–Crippen LogP) is 1.19. The first-order valence-electron chi connectivity index (χ1n) is 6.37. The van der Waals surface area contributed by atoms with Crippen LogP contribution in [-0.4, -0.2) is 44.1 Å². The number of hydrogen-bond donors (Lipinski definition) is 4. The lowest BCUT2D eigenvalue weighted by Crippen LogP contribution is -2.51. The molecule has 0 amide bonds. The molecule has 1 aliphatic rings. The maximum atomic E-state index is 11.4. The minimum atomic E-state index is -1.53. The molecule has 6 nitrogen and oxygen atoms in total. The number of carboxylic acids is 2. The van der Waals surface area contributed by atoms with Crippen LogP contribution in [0.4, 0.5) is 0 Å². The molecule has 0 aromatic carbocycles. The number of carbonyl (C=O) groups is 2. The Labute approximate surface area is 118 Å². The van der Waals surface area contributed by atoms with E-state index < -0.39 is 29.1 Å². The SMILES string of the molecule is CC(=O)O.CCC(CC)(C(=O)O)C1(O)C=CC(O)C=C1. The molecule has 0 atom stereocenters. The summed E-state index contributed by atoms with van der Waals surface area (Å²) in [7, 11) is 0. The van der Waals surface area contributed by atoms with E-state index in [0.717, 1.165) is 6.92 Å². The Morgan fingerprint density at radius 3 is 1.75 bits per heavy atom. The molecule has 0 saturated carbocycles. The fourth-order valence-corrected chi connectivity index (χ4v) is 2.22. The van der Waals surface area contributed by atoms with Crippen LogP contribution in [0.3, 0.4) is 0 Å². The average molecular weight is 286 g/mol. The smallest absolute Gasteiger partial charge is 0.313 e. The van der Waals surface area contributed by atoms with E-state index in [1.807, 2.05) is 0 Å². The number of hydrogen-bond acceptors (Lipinski definition) is 4. The molecule has 0 fully saturated rings. The van der Waals surface area contributed by atoms with Crippen molar-refractivity contribution in [1.29, 1.82) is 0 Å². The molecule has 0 heterocycles. The molecular weight excluding hydrogens is 264 g/mol. The highest BCUT2D eigenvalue weighted by Gasteiger charge is 2.51. The van der Waals surface area contributed by atoms with Crippen LogP contribution in [0, 0.1) is 5.41 Å². The molecule has 6 heteroatoms. The van der Waals surface area contributed by atoms with Gasteiger partial charge in [0.25, 0.3) is 5.97 Å². The molecule has 4 N–H and O–H groups in total. The molecule has 0 aromatic heterocycles. The first-order chi connectivity index (χ1) is 9.15. The van der Waals surface area contributed by atoms with Gasteiger partial charge in [-0.2, -0.15) is 0 Å². The largest absolute Gasteiger partial charge is 0.481 e. The number of aliphatic carboxylic acids is 2. The summed E-state index contributed by atoms with van der Waals surface area (Å²) in [4.78, 5) is 20.4. The van der Waals surface area contributed by atoms with Crippen LogP contribution in [0.2, 0.25) is 0 Å². The minimum absolute atomic E-state index is 0.320. The second kappa shape index (κ2) is 7.21.